The Kier molecular flexibility index (Phi) is 4.22. The summed E-state index contributed by atoms with van der Waals surface area (Å²) in [6, 6.07) is 0.491. The van der Waals surface area contributed by atoms with Gasteiger partial charge in [-0.25, -0.2) is 9.78 Å². The van der Waals surface area contributed by atoms with Crippen LogP contribution in [0.5, 0.6) is 0 Å². The fourth-order valence-electron chi connectivity index (χ4n) is 2.48. The molecule has 100 valence electrons. The van der Waals surface area contributed by atoms with Gasteiger partial charge in [-0.3, -0.25) is 0 Å². The van der Waals surface area contributed by atoms with Crippen molar-refractivity contribution in [1.82, 2.24) is 4.98 Å². The van der Waals surface area contributed by atoms with Crippen LogP contribution in [-0.2, 0) is 4.74 Å². The molecule has 18 heavy (non-hydrogen) atoms. The normalized spacial score (nSPS) is 23.7. The Morgan fingerprint density at radius 3 is 2.94 bits per heavy atom. The Bertz CT molecular complexity index is 431. The van der Waals surface area contributed by atoms with Crippen LogP contribution in [-0.4, -0.2) is 24.1 Å². The number of esters is 1. The van der Waals surface area contributed by atoms with Crippen molar-refractivity contribution in [3.05, 3.63) is 10.6 Å². The first-order valence-electron chi connectivity index (χ1n) is 6.42. The molecule has 0 aliphatic heterocycles. The van der Waals surface area contributed by atoms with Crippen LogP contribution in [0.4, 0.5) is 5.13 Å². The highest BCUT2D eigenvalue weighted by Crippen LogP contribution is 2.29. The fourth-order valence-corrected chi connectivity index (χ4v) is 3.44. The molecule has 0 saturated heterocycles. The molecule has 1 heterocycles. The van der Waals surface area contributed by atoms with Crippen LogP contribution in [0.2, 0.25) is 0 Å². The zero-order chi connectivity index (χ0) is 13.1. The van der Waals surface area contributed by atoms with E-state index in [9.17, 15) is 4.79 Å². The number of thiazole rings is 1. The first-order chi connectivity index (χ1) is 8.60. The predicted molar refractivity (Wildman–Crippen MR) is 73.2 cm³/mol. The van der Waals surface area contributed by atoms with E-state index in [0.29, 0.717) is 10.9 Å². The molecule has 1 aromatic rings. The maximum absolute atomic E-state index is 11.5. The summed E-state index contributed by atoms with van der Waals surface area (Å²) in [5, 5.41) is 4.29. The van der Waals surface area contributed by atoms with E-state index in [0.717, 1.165) is 16.7 Å². The molecular weight excluding hydrogens is 248 g/mol. The van der Waals surface area contributed by atoms with E-state index in [2.05, 4.69) is 17.2 Å². The second kappa shape index (κ2) is 5.69. The Hall–Kier alpha value is -1.10. The maximum Gasteiger partial charge on any atom is 0.350 e. The van der Waals surface area contributed by atoms with Crippen LogP contribution >= 0.6 is 11.3 Å². The average Bonchev–Trinajstić information content (AvgIpc) is 2.69. The molecule has 1 fully saturated rings. The van der Waals surface area contributed by atoms with Crippen molar-refractivity contribution in [2.75, 3.05) is 12.4 Å². The Labute approximate surface area is 112 Å². The van der Waals surface area contributed by atoms with E-state index in [1.807, 2.05) is 6.92 Å². The molecule has 2 atom stereocenters. The van der Waals surface area contributed by atoms with Gasteiger partial charge in [0.15, 0.2) is 5.13 Å². The molecule has 1 aromatic heterocycles. The van der Waals surface area contributed by atoms with E-state index in [-0.39, 0.29) is 5.97 Å². The number of nitrogens with zero attached hydrogens (tertiary/aromatic N) is 1. The van der Waals surface area contributed by atoms with E-state index in [4.69, 9.17) is 4.74 Å². The first kappa shape index (κ1) is 13.3. The number of ether oxygens (including phenoxy) is 1. The van der Waals surface area contributed by atoms with Gasteiger partial charge in [-0.15, -0.1) is 0 Å². The van der Waals surface area contributed by atoms with Crippen molar-refractivity contribution in [3.8, 4) is 0 Å². The molecule has 2 unspecified atom stereocenters. The van der Waals surface area contributed by atoms with Crippen LogP contribution in [0, 0.1) is 12.8 Å². The molecule has 0 spiro atoms. The lowest BCUT2D eigenvalue weighted by molar-refractivity contribution is 0.0605. The summed E-state index contributed by atoms with van der Waals surface area (Å²) >= 11 is 1.39. The standard InChI is InChI=1S/C13H20N2O2S/c1-8-5-4-6-10(7-8)15-13-14-9(2)11(18-13)12(16)17-3/h8,10H,4-7H2,1-3H3,(H,14,15). The number of rotatable bonds is 3. The Balaban J connectivity index is 2.03. The van der Waals surface area contributed by atoms with Crippen LogP contribution in [0.15, 0.2) is 0 Å². The van der Waals surface area contributed by atoms with Gasteiger partial charge in [0.2, 0.25) is 0 Å². The van der Waals surface area contributed by atoms with Crippen LogP contribution in [0.25, 0.3) is 0 Å². The number of methoxy groups -OCH3 is 1. The Morgan fingerprint density at radius 1 is 1.50 bits per heavy atom. The molecule has 0 radical (unpaired) electrons. The zero-order valence-corrected chi connectivity index (χ0v) is 12.0. The van der Waals surface area contributed by atoms with E-state index in [1.54, 1.807) is 0 Å². The summed E-state index contributed by atoms with van der Waals surface area (Å²) in [6.45, 7) is 4.14. The van der Waals surface area contributed by atoms with Gasteiger partial charge < -0.3 is 10.1 Å². The van der Waals surface area contributed by atoms with E-state index >= 15 is 0 Å². The highest BCUT2D eigenvalue weighted by molar-refractivity contribution is 7.17. The largest absolute Gasteiger partial charge is 0.465 e. The van der Waals surface area contributed by atoms with Gasteiger partial charge in [-0.2, -0.15) is 0 Å². The molecule has 1 saturated carbocycles. The summed E-state index contributed by atoms with van der Waals surface area (Å²) in [4.78, 5) is 16.5. The number of anilines is 1. The molecule has 2 rings (SSSR count). The van der Waals surface area contributed by atoms with Crippen molar-refractivity contribution in [2.45, 2.75) is 45.6 Å². The number of aryl methyl sites for hydroxylation is 1. The summed E-state index contributed by atoms with van der Waals surface area (Å²) in [6.07, 6.45) is 4.97. The monoisotopic (exact) mass is 268 g/mol. The fraction of sp³-hybridized carbons (Fsp3) is 0.692. The van der Waals surface area contributed by atoms with Gasteiger partial charge in [0, 0.05) is 6.04 Å². The van der Waals surface area contributed by atoms with Gasteiger partial charge in [-0.05, 0) is 25.7 Å². The van der Waals surface area contributed by atoms with Gasteiger partial charge in [0.05, 0.1) is 12.8 Å². The topological polar surface area (TPSA) is 51.2 Å². The van der Waals surface area contributed by atoms with Gasteiger partial charge >= 0.3 is 5.97 Å². The highest BCUT2D eigenvalue weighted by Gasteiger charge is 2.21. The molecule has 0 bridgehead atoms. The van der Waals surface area contributed by atoms with Crippen molar-refractivity contribution in [2.24, 2.45) is 5.92 Å². The first-order valence-corrected chi connectivity index (χ1v) is 7.24. The number of hydrogen-bond acceptors (Lipinski definition) is 5. The van der Waals surface area contributed by atoms with Gasteiger partial charge in [-0.1, -0.05) is 31.1 Å². The second-order valence-corrected chi connectivity index (χ2v) is 6.04. The third-order valence-electron chi connectivity index (χ3n) is 3.43. The lowest BCUT2D eigenvalue weighted by Gasteiger charge is -2.27. The summed E-state index contributed by atoms with van der Waals surface area (Å²) in [5.41, 5.74) is 0.748. The molecule has 1 aliphatic carbocycles. The van der Waals surface area contributed by atoms with Crippen molar-refractivity contribution >= 4 is 22.4 Å². The SMILES string of the molecule is COC(=O)c1sc(NC2CCCC(C)C2)nc1C. The third kappa shape index (κ3) is 3.02. The molecule has 1 aliphatic rings. The lowest BCUT2D eigenvalue weighted by Crippen LogP contribution is -2.26. The van der Waals surface area contributed by atoms with Gasteiger partial charge in [0.25, 0.3) is 0 Å². The quantitative estimate of drug-likeness (QED) is 0.855. The maximum atomic E-state index is 11.5. The third-order valence-corrected chi connectivity index (χ3v) is 4.50. The number of carbonyl (C=O) groups is 1. The van der Waals surface area contributed by atoms with E-state index < -0.39 is 0 Å². The minimum absolute atomic E-state index is 0.296. The highest BCUT2D eigenvalue weighted by atomic mass is 32.1. The molecule has 0 amide bonds. The minimum atomic E-state index is -0.296. The molecule has 4 nitrogen and oxygen atoms in total. The second-order valence-electron chi connectivity index (χ2n) is 5.04. The number of aromatic nitrogens is 1. The van der Waals surface area contributed by atoms with Crippen molar-refractivity contribution in [1.29, 1.82) is 0 Å². The Morgan fingerprint density at radius 2 is 2.28 bits per heavy atom. The summed E-state index contributed by atoms with van der Waals surface area (Å²) < 4.78 is 4.74. The van der Waals surface area contributed by atoms with Crippen molar-refractivity contribution in [3.63, 3.8) is 0 Å². The predicted octanol–water partition coefficient (Wildman–Crippen LogP) is 3.23. The average molecular weight is 268 g/mol. The van der Waals surface area contributed by atoms with Crippen LogP contribution in [0.3, 0.4) is 0 Å². The number of hydrogen-bond donors (Lipinski definition) is 1. The molecular formula is C13H20N2O2S. The lowest BCUT2D eigenvalue weighted by atomic mass is 9.87. The van der Waals surface area contributed by atoms with E-state index in [1.165, 1.54) is 44.1 Å². The summed E-state index contributed by atoms with van der Waals surface area (Å²) in [5.74, 6) is 0.479. The summed E-state index contributed by atoms with van der Waals surface area (Å²) in [7, 11) is 1.40. The zero-order valence-electron chi connectivity index (χ0n) is 11.2. The smallest absolute Gasteiger partial charge is 0.350 e. The van der Waals surface area contributed by atoms with Crippen LogP contribution in [0.1, 0.15) is 48.0 Å². The van der Waals surface area contributed by atoms with Gasteiger partial charge in [0.1, 0.15) is 4.88 Å². The number of carbonyl (C=O) groups excluding carboxylic acids is 1. The van der Waals surface area contributed by atoms with Crippen LogP contribution < -0.4 is 5.32 Å². The molecule has 5 heteroatoms. The number of nitrogens with one attached hydrogen (secondary N) is 1. The molecule has 0 aromatic carbocycles. The molecule has 1 N–H and O–H groups in total. The minimum Gasteiger partial charge on any atom is -0.465 e. The van der Waals surface area contributed by atoms with Crippen molar-refractivity contribution < 1.29 is 9.53 Å².